The number of halogens is 2. The van der Waals surface area contributed by atoms with Gasteiger partial charge in [-0.1, -0.05) is 23.2 Å². The standard InChI is InChI=1S/C23H28Cl2N2O7/c1-26-23(29)19-9-20(25)22(31-8-7-30-2)10-21(19)32-13-16(28)11-27-12-18(14-33-27)34-17-5-3-15(24)4-6-17/h3-6,9-10,16,18,28H,7-8,11-14H2,1-2H3,(H,26,29)/t16-,18-/m1/s1. The highest BCUT2D eigenvalue weighted by atomic mass is 35.5. The van der Waals surface area contributed by atoms with Crippen LogP contribution >= 0.6 is 23.2 Å². The molecule has 0 spiro atoms. The summed E-state index contributed by atoms with van der Waals surface area (Å²) in [6, 6.07) is 10.1. The van der Waals surface area contributed by atoms with Gasteiger partial charge in [-0.15, -0.1) is 0 Å². The molecule has 1 fully saturated rings. The molecular formula is C23H28Cl2N2O7. The number of carbonyl (C=O) groups is 1. The second kappa shape index (κ2) is 13.0. The van der Waals surface area contributed by atoms with Gasteiger partial charge in [-0.3, -0.25) is 9.63 Å². The van der Waals surface area contributed by atoms with Crippen molar-refractivity contribution in [1.29, 1.82) is 0 Å². The summed E-state index contributed by atoms with van der Waals surface area (Å²) in [6.45, 7) is 1.61. The normalized spacial score (nSPS) is 16.8. The molecule has 0 aliphatic carbocycles. The van der Waals surface area contributed by atoms with Gasteiger partial charge < -0.3 is 29.4 Å². The Morgan fingerprint density at radius 3 is 2.68 bits per heavy atom. The lowest BCUT2D eigenvalue weighted by Gasteiger charge is -2.20. The maximum Gasteiger partial charge on any atom is 0.254 e. The van der Waals surface area contributed by atoms with Crippen molar-refractivity contribution in [2.75, 3.05) is 53.7 Å². The number of ether oxygens (including phenoxy) is 4. The van der Waals surface area contributed by atoms with Crippen molar-refractivity contribution in [1.82, 2.24) is 10.4 Å². The molecule has 2 atom stereocenters. The number of nitrogens with zero attached hydrogens (tertiary/aromatic N) is 1. The first-order chi connectivity index (χ1) is 16.4. The largest absolute Gasteiger partial charge is 0.490 e. The molecule has 34 heavy (non-hydrogen) atoms. The minimum atomic E-state index is -0.889. The average molecular weight is 515 g/mol. The fourth-order valence-corrected chi connectivity index (χ4v) is 3.56. The average Bonchev–Trinajstić information content (AvgIpc) is 3.26. The number of nitrogens with one attached hydrogen (secondary N) is 1. The Balaban J connectivity index is 1.54. The lowest BCUT2D eigenvalue weighted by Crippen LogP contribution is -2.35. The van der Waals surface area contributed by atoms with E-state index in [4.69, 9.17) is 47.0 Å². The Morgan fingerprint density at radius 2 is 1.97 bits per heavy atom. The van der Waals surface area contributed by atoms with Crippen molar-refractivity contribution in [3.8, 4) is 17.2 Å². The monoisotopic (exact) mass is 514 g/mol. The number of hydrogen-bond acceptors (Lipinski definition) is 8. The molecule has 1 aliphatic heterocycles. The van der Waals surface area contributed by atoms with E-state index in [0.717, 1.165) is 0 Å². The van der Waals surface area contributed by atoms with Gasteiger partial charge in [0, 0.05) is 25.2 Å². The molecule has 186 valence electrons. The summed E-state index contributed by atoms with van der Waals surface area (Å²) in [4.78, 5) is 17.9. The summed E-state index contributed by atoms with van der Waals surface area (Å²) >= 11 is 12.1. The van der Waals surface area contributed by atoms with Gasteiger partial charge in [0.1, 0.15) is 49.3 Å². The number of benzene rings is 2. The van der Waals surface area contributed by atoms with Crippen LogP contribution in [0.4, 0.5) is 0 Å². The zero-order valence-electron chi connectivity index (χ0n) is 19.0. The van der Waals surface area contributed by atoms with Gasteiger partial charge in [-0.25, -0.2) is 0 Å². The molecule has 1 heterocycles. The van der Waals surface area contributed by atoms with E-state index in [1.54, 1.807) is 36.4 Å². The van der Waals surface area contributed by atoms with Gasteiger partial charge in [0.15, 0.2) is 0 Å². The summed E-state index contributed by atoms with van der Waals surface area (Å²) in [7, 11) is 3.07. The molecule has 1 amide bonds. The van der Waals surface area contributed by atoms with Crippen LogP contribution in [0.1, 0.15) is 10.4 Å². The Bertz CT molecular complexity index is 946. The molecular weight excluding hydrogens is 487 g/mol. The first-order valence-electron chi connectivity index (χ1n) is 10.7. The number of aliphatic hydroxyl groups excluding tert-OH is 1. The van der Waals surface area contributed by atoms with Gasteiger partial charge in [0.25, 0.3) is 5.91 Å². The predicted octanol–water partition coefficient (Wildman–Crippen LogP) is 2.81. The van der Waals surface area contributed by atoms with Crippen LogP contribution in [0.5, 0.6) is 17.2 Å². The van der Waals surface area contributed by atoms with Crippen molar-refractivity contribution < 1.29 is 33.7 Å². The van der Waals surface area contributed by atoms with Gasteiger partial charge in [0.2, 0.25) is 0 Å². The number of β-amino-alcohol motifs (C(OH)–C–C–N with tert-alkyl or cyclic N) is 1. The first kappa shape index (κ1) is 26.3. The fourth-order valence-electron chi connectivity index (χ4n) is 3.21. The molecule has 2 aromatic carbocycles. The maximum atomic E-state index is 12.3. The topological polar surface area (TPSA) is 98.7 Å². The van der Waals surface area contributed by atoms with Crippen LogP contribution in [-0.4, -0.2) is 82.0 Å². The molecule has 0 bridgehead atoms. The highest BCUT2D eigenvalue weighted by Crippen LogP contribution is 2.33. The third kappa shape index (κ3) is 7.63. The number of carbonyl (C=O) groups excluding carboxylic acids is 1. The summed E-state index contributed by atoms with van der Waals surface area (Å²) in [5.41, 5.74) is 0.229. The van der Waals surface area contributed by atoms with Crippen LogP contribution in [-0.2, 0) is 9.57 Å². The van der Waals surface area contributed by atoms with Crippen LogP contribution in [0, 0.1) is 0 Å². The van der Waals surface area contributed by atoms with Crippen molar-refractivity contribution in [3.05, 3.63) is 52.0 Å². The predicted molar refractivity (Wildman–Crippen MR) is 127 cm³/mol. The van der Waals surface area contributed by atoms with E-state index < -0.39 is 6.10 Å². The van der Waals surface area contributed by atoms with Gasteiger partial charge in [-0.05, 0) is 30.3 Å². The SMILES string of the molecule is CNC(=O)c1cc(Cl)c(OCCOC)cc1OC[C@H](O)CN1C[C@@H](Oc2ccc(Cl)cc2)CO1. The quantitative estimate of drug-likeness (QED) is 0.417. The number of hydroxylamine groups is 2. The Kier molecular flexibility index (Phi) is 10.1. The van der Waals surface area contributed by atoms with Gasteiger partial charge in [0.05, 0.1) is 30.3 Å². The number of amides is 1. The van der Waals surface area contributed by atoms with Crippen LogP contribution in [0.15, 0.2) is 36.4 Å². The molecule has 0 radical (unpaired) electrons. The molecule has 9 nitrogen and oxygen atoms in total. The molecule has 2 N–H and O–H groups in total. The number of hydrogen-bond donors (Lipinski definition) is 2. The van der Waals surface area contributed by atoms with Crippen LogP contribution < -0.4 is 19.5 Å². The summed E-state index contributed by atoms with van der Waals surface area (Å²) < 4.78 is 22.2. The van der Waals surface area contributed by atoms with Crippen molar-refractivity contribution in [2.24, 2.45) is 0 Å². The van der Waals surface area contributed by atoms with E-state index in [1.807, 2.05) is 0 Å². The van der Waals surface area contributed by atoms with E-state index in [1.165, 1.54) is 19.2 Å². The smallest absolute Gasteiger partial charge is 0.254 e. The van der Waals surface area contributed by atoms with Crippen LogP contribution in [0.3, 0.4) is 0 Å². The van der Waals surface area contributed by atoms with E-state index in [-0.39, 0.29) is 48.1 Å². The Morgan fingerprint density at radius 1 is 1.21 bits per heavy atom. The summed E-state index contributed by atoms with van der Waals surface area (Å²) in [5, 5.41) is 15.5. The maximum absolute atomic E-state index is 12.3. The van der Waals surface area contributed by atoms with Gasteiger partial charge >= 0.3 is 0 Å². The fraction of sp³-hybridized carbons (Fsp3) is 0.435. The third-order valence-corrected chi connectivity index (χ3v) is 5.41. The summed E-state index contributed by atoms with van der Waals surface area (Å²) in [5.74, 6) is 0.902. The van der Waals surface area contributed by atoms with Crippen molar-refractivity contribution in [3.63, 3.8) is 0 Å². The molecule has 1 aliphatic rings. The van der Waals surface area contributed by atoms with E-state index in [9.17, 15) is 9.90 Å². The lowest BCUT2D eigenvalue weighted by molar-refractivity contribution is -0.131. The molecule has 1 saturated heterocycles. The zero-order valence-corrected chi connectivity index (χ0v) is 20.5. The highest BCUT2D eigenvalue weighted by Gasteiger charge is 2.27. The molecule has 11 heteroatoms. The Labute approximate surface area is 208 Å². The van der Waals surface area contributed by atoms with Crippen LogP contribution in [0.2, 0.25) is 10.0 Å². The second-order valence-electron chi connectivity index (χ2n) is 7.50. The minimum absolute atomic E-state index is 0.0777. The minimum Gasteiger partial charge on any atom is -0.490 e. The van der Waals surface area contributed by atoms with Gasteiger partial charge in [-0.2, -0.15) is 5.06 Å². The second-order valence-corrected chi connectivity index (χ2v) is 8.34. The molecule has 0 saturated carbocycles. The third-order valence-electron chi connectivity index (χ3n) is 4.86. The summed E-state index contributed by atoms with van der Waals surface area (Å²) in [6.07, 6.45) is -1.07. The van der Waals surface area contributed by atoms with Crippen molar-refractivity contribution >= 4 is 29.1 Å². The lowest BCUT2D eigenvalue weighted by atomic mass is 10.1. The molecule has 2 aromatic rings. The number of rotatable bonds is 12. The number of aliphatic hydroxyl groups is 1. The van der Waals surface area contributed by atoms with E-state index in [0.29, 0.717) is 36.3 Å². The molecule has 3 rings (SSSR count). The zero-order chi connectivity index (χ0) is 24.5. The van der Waals surface area contributed by atoms with Crippen LogP contribution in [0.25, 0.3) is 0 Å². The molecule has 0 aromatic heterocycles. The first-order valence-corrected chi connectivity index (χ1v) is 11.4. The Hall–Kier alpha value is -2.27. The highest BCUT2D eigenvalue weighted by molar-refractivity contribution is 6.32. The van der Waals surface area contributed by atoms with E-state index >= 15 is 0 Å². The van der Waals surface area contributed by atoms with Crippen molar-refractivity contribution in [2.45, 2.75) is 12.2 Å². The molecule has 0 unspecified atom stereocenters. The number of methoxy groups -OCH3 is 1. The van der Waals surface area contributed by atoms with E-state index in [2.05, 4.69) is 5.32 Å².